The van der Waals surface area contributed by atoms with Crippen LogP contribution in [0.3, 0.4) is 0 Å². The highest BCUT2D eigenvalue weighted by Crippen LogP contribution is 2.38. The Morgan fingerprint density at radius 1 is 1.19 bits per heavy atom. The molecule has 1 heterocycles. The van der Waals surface area contributed by atoms with Crippen LogP contribution in [0.1, 0.15) is 18.4 Å². The van der Waals surface area contributed by atoms with Gasteiger partial charge in [0, 0.05) is 4.70 Å². The van der Waals surface area contributed by atoms with E-state index >= 15 is 0 Å². The van der Waals surface area contributed by atoms with Crippen molar-refractivity contribution in [3.05, 3.63) is 35.2 Å². The number of fused-ring (bicyclic) bond motifs is 1. The van der Waals surface area contributed by atoms with Crippen molar-refractivity contribution >= 4 is 21.4 Å². The van der Waals surface area contributed by atoms with E-state index in [9.17, 15) is 0 Å². The molecular weight excluding hydrogens is 214 g/mol. The number of benzene rings is 1. The fraction of sp³-hybridized carbons (Fsp3) is 0.429. The summed E-state index contributed by atoms with van der Waals surface area (Å²) in [5, 5.41) is 3.78. The highest BCUT2D eigenvalue weighted by molar-refractivity contribution is 7.17. The summed E-state index contributed by atoms with van der Waals surface area (Å²) in [7, 11) is 0. The zero-order valence-electron chi connectivity index (χ0n) is 9.36. The van der Waals surface area contributed by atoms with Gasteiger partial charge in [0.05, 0.1) is 0 Å². The largest absolute Gasteiger partial charge is 0.330 e. The first-order valence-corrected chi connectivity index (χ1v) is 6.91. The molecule has 3 rings (SSSR count). The SMILES string of the molecule is NCC1CCC1Cc1csc2ccccc12. The van der Waals surface area contributed by atoms with E-state index in [-0.39, 0.29) is 0 Å². The Balaban J connectivity index is 1.84. The van der Waals surface area contributed by atoms with Crippen LogP contribution in [0.4, 0.5) is 0 Å². The molecule has 1 nitrogen and oxygen atoms in total. The summed E-state index contributed by atoms with van der Waals surface area (Å²) in [6.07, 6.45) is 3.93. The molecule has 2 unspecified atom stereocenters. The zero-order valence-corrected chi connectivity index (χ0v) is 10.2. The number of thiophene rings is 1. The molecule has 1 aromatic carbocycles. The van der Waals surface area contributed by atoms with Gasteiger partial charge >= 0.3 is 0 Å². The van der Waals surface area contributed by atoms with Gasteiger partial charge in [0.2, 0.25) is 0 Å². The first-order valence-electron chi connectivity index (χ1n) is 6.03. The Bertz CT molecular complexity index is 486. The molecule has 2 atom stereocenters. The summed E-state index contributed by atoms with van der Waals surface area (Å²) in [5.74, 6) is 1.61. The Morgan fingerprint density at radius 2 is 2.00 bits per heavy atom. The third-order valence-electron chi connectivity index (χ3n) is 3.92. The van der Waals surface area contributed by atoms with Crippen LogP contribution in [-0.4, -0.2) is 6.54 Å². The van der Waals surface area contributed by atoms with Crippen LogP contribution < -0.4 is 5.73 Å². The minimum absolute atomic E-state index is 0.777. The maximum Gasteiger partial charge on any atom is 0.0345 e. The van der Waals surface area contributed by atoms with Gasteiger partial charge < -0.3 is 5.73 Å². The van der Waals surface area contributed by atoms with Crippen molar-refractivity contribution in [2.24, 2.45) is 17.6 Å². The standard InChI is InChI=1S/C14H17NS/c15-8-11-6-5-10(11)7-12-9-16-14-4-2-1-3-13(12)14/h1-4,9-11H,5-8,15H2. The molecule has 0 amide bonds. The lowest BCUT2D eigenvalue weighted by molar-refractivity contribution is 0.183. The Labute approximate surface area is 100 Å². The average Bonchev–Trinajstić information content (AvgIpc) is 2.68. The van der Waals surface area contributed by atoms with Gasteiger partial charge in [0.15, 0.2) is 0 Å². The van der Waals surface area contributed by atoms with Crippen LogP contribution in [0.2, 0.25) is 0 Å². The molecule has 1 aromatic heterocycles. The third kappa shape index (κ3) is 1.66. The molecule has 1 fully saturated rings. The van der Waals surface area contributed by atoms with E-state index in [4.69, 9.17) is 5.73 Å². The van der Waals surface area contributed by atoms with Crippen LogP contribution in [0, 0.1) is 11.8 Å². The monoisotopic (exact) mass is 231 g/mol. The molecule has 0 bridgehead atoms. The van der Waals surface area contributed by atoms with Crippen molar-refractivity contribution in [2.45, 2.75) is 19.3 Å². The first-order chi connectivity index (χ1) is 7.88. The number of hydrogen-bond acceptors (Lipinski definition) is 2. The van der Waals surface area contributed by atoms with Gasteiger partial charge in [0.1, 0.15) is 0 Å². The second-order valence-electron chi connectivity index (χ2n) is 4.79. The molecule has 2 aromatic rings. The van der Waals surface area contributed by atoms with E-state index in [2.05, 4.69) is 29.6 Å². The molecule has 16 heavy (non-hydrogen) atoms. The highest BCUT2D eigenvalue weighted by atomic mass is 32.1. The molecular formula is C14H17NS. The van der Waals surface area contributed by atoms with Crippen LogP contribution in [-0.2, 0) is 6.42 Å². The quantitative estimate of drug-likeness (QED) is 0.860. The van der Waals surface area contributed by atoms with E-state index in [0.717, 1.165) is 18.4 Å². The van der Waals surface area contributed by atoms with Crippen LogP contribution in [0.15, 0.2) is 29.6 Å². The normalized spacial score (nSPS) is 24.6. The lowest BCUT2D eigenvalue weighted by Gasteiger charge is -2.35. The van der Waals surface area contributed by atoms with Crippen molar-refractivity contribution in [3.8, 4) is 0 Å². The summed E-state index contributed by atoms with van der Waals surface area (Å²) in [6.45, 7) is 0.868. The average molecular weight is 231 g/mol. The molecule has 0 saturated heterocycles. The summed E-state index contributed by atoms with van der Waals surface area (Å²) in [4.78, 5) is 0. The van der Waals surface area contributed by atoms with Gasteiger partial charge in [-0.3, -0.25) is 0 Å². The zero-order chi connectivity index (χ0) is 11.0. The number of nitrogens with two attached hydrogens (primary N) is 1. The van der Waals surface area contributed by atoms with Gasteiger partial charge in [-0.05, 0) is 60.0 Å². The molecule has 2 N–H and O–H groups in total. The van der Waals surface area contributed by atoms with Gasteiger partial charge in [-0.25, -0.2) is 0 Å². The summed E-state index contributed by atoms with van der Waals surface area (Å²) < 4.78 is 1.42. The molecule has 1 saturated carbocycles. The van der Waals surface area contributed by atoms with Crippen LogP contribution >= 0.6 is 11.3 Å². The van der Waals surface area contributed by atoms with Crippen molar-refractivity contribution in [1.82, 2.24) is 0 Å². The van der Waals surface area contributed by atoms with Gasteiger partial charge in [-0.2, -0.15) is 0 Å². The topological polar surface area (TPSA) is 26.0 Å². The second-order valence-corrected chi connectivity index (χ2v) is 5.71. The molecule has 1 aliphatic carbocycles. The minimum Gasteiger partial charge on any atom is -0.330 e. The maximum absolute atomic E-state index is 5.77. The van der Waals surface area contributed by atoms with Gasteiger partial charge in [0.25, 0.3) is 0 Å². The van der Waals surface area contributed by atoms with Crippen molar-refractivity contribution in [3.63, 3.8) is 0 Å². The lowest BCUT2D eigenvalue weighted by atomic mass is 9.71. The lowest BCUT2D eigenvalue weighted by Crippen LogP contribution is -2.33. The predicted molar refractivity (Wildman–Crippen MR) is 70.8 cm³/mol. The Kier molecular flexibility index (Phi) is 2.70. The number of rotatable bonds is 3. The number of hydrogen-bond donors (Lipinski definition) is 1. The highest BCUT2D eigenvalue weighted by Gasteiger charge is 2.29. The minimum atomic E-state index is 0.777. The van der Waals surface area contributed by atoms with E-state index in [1.807, 2.05) is 11.3 Å². The maximum atomic E-state index is 5.77. The first kappa shape index (κ1) is 10.3. The van der Waals surface area contributed by atoms with Crippen molar-refractivity contribution in [1.29, 1.82) is 0 Å². The molecule has 0 radical (unpaired) electrons. The predicted octanol–water partition coefficient (Wildman–Crippen LogP) is 3.43. The summed E-state index contributed by atoms with van der Waals surface area (Å²) in [6, 6.07) is 8.72. The third-order valence-corrected chi connectivity index (χ3v) is 4.93. The van der Waals surface area contributed by atoms with Gasteiger partial charge in [-0.1, -0.05) is 18.2 Å². The fourth-order valence-corrected chi connectivity index (χ4v) is 3.67. The van der Waals surface area contributed by atoms with E-state index in [1.54, 1.807) is 0 Å². The molecule has 0 spiro atoms. The van der Waals surface area contributed by atoms with E-state index < -0.39 is 0 Å². The van der Waals surface area contributed by atoms with Gasteiger partial charge in [-0.15, -0.1) is 11.3 Å². The molecule has 1 aliphatic rings. The second kappa shape index (κ2) is 4.19. The molecule has 2 heteroatoms. The van der Waals surface area contributed by atoms with Crippen LogP contribution in [0.5, 0.6) is 0 Å². The van der Waals surface area contributed by atoms with Crippen molar-refractivity contribution < 1.29 is 0 Å². The molecule has 0 aliphatic heterocycles. The molecule has 84 valence electrons. The van der Waals surface area contributed by atoms with Crippen LogP contribution in [0.25, 0.3) is 10.1 Å². The van der Waals surface area contributed by atoms with Crippen molar-refractivity contribution in [2.75, 3.05) is 6.54 Å². The summed E-state index contributed by atoms with van der Waals surface area (Å²) >= 11 is 1.87. The summed E-state index contributed by atoms with van der Waals surface area (Å²) in [5.41, 5.74) is 7.30. The Hall–Kier alpha value is -0.860. The van der Waals surface area contributed by atoms with E-state index in [0.29, 0.717) is 0 Å². The fourth-order valence-electron chi connectivity index (χ4n) is 2.69. The Morgan fingerprint density at radius 3 is 2.75 bits per heavy atom. The smallest absolute Gasteiger partial charge is 0.0345 e. The van der Waals surface area contributed by atoms with E-state index in [1.165, 1.54) is 34.9 Å².